The maximum Gasteiger partial charge on any atom is 0.337 e. The molecule has 0 fully saturated rings. The number of amides is 1. The summed E-state index contributed by atoms with van der Waals surface area (Å²) in [7, 11) is 1.31. The highest BCUT2D eigenvalue weighted by atomic mass is 16.5. The lowest BCUT2D eigenvalue weighted by Crippen LogP contribution is -2.12. The molecule has 0 aliphatic carbocycles. The average Bonchev–Trinajstić information content (AvgIpc) is 2.65. The Hall–Kier alpha value is -2.86. The van der Waals surface area contributed by atoms with Gasteiger partial charge < -0.3 is 19.5 Å². The Morgan fingerprint density at radius 3 is 2.40 bits per heavy atom. The second kappa shape index (κ2) is 9.44. The summed E-state index contributed by atoms with van der Waals surface area (Å²) in [5, 5.41) is 2.80. The fraction of sp³-hybridized carbons (Fsp3) is 0.263. The van der Waals surface area contributed by atoms with Crippen LogP contribution in [0.25, 0.3) is 0 Å². The summed E-state index contributed by atoms with van der Waals surface area (Å²) in [4.78, 5) is 23.7. The van der Waals surface area contributed by atoms with E-state index in [9.17, 15) is 9.59 Å². The van der Waals surface area contributed by atoms with Crippen molar-refractivity contribution < 1.29 is 23.8 Å². The molecule has 0 atom stereocenters. The molecular formula is C19H21NO5. The molecule has 2 rings (SSSR count). The lowest BCUT2D eigenvalue weighted by atomic mass is 10.1. The summed E-state index contributed by atoms with van der Waals surface area (Å²) in [5.41, 5.74) is 1.45. The minimum atomic E-state index is -0.441. The first-order chi connectivity index (χ1) is 12.1. The van der Waals surface area contributed by atoms with Gasteiger partial charge >= 0.3 is 5.97 Å². The van der Waals surface area contributed by atoms with Crippen molar-refractivity contribution in [2.45, 2.75) is 6.92 Å². The van der Waals surface area contributed by atoms with E-state index < -0.39 is 5.97 Å². The predicted molar refractivity (Wildman–Crippen MR) is 94.2 cm³/mol. The number of methoxy groups -OCH3 is 1. The molecular weight excluding hydrogens is 322 g/mol. The van der Waals surface area contributed by atoms with Gasteiger partial charge in [0.05, 0.1) is 19.3 Å². The number of rotatable bonds is 8. The van der Waals surface area contributed by atoms with E-state index in [-0.39, 0.29) is 5.91 Å². The van der Waals surface area contributed by atoms with Crippen LogP contribution in [0.1, 0.15) is 27.6 Å². The largest absolute Gasteiger partial charge is 0.491 e. The van der Waals surface area contributed by atoms with Gasteiger partial charge in [-0.3, -0.25) is 4.79 Å². The van der Waals surface area contributed by atoms with Gasteiger partial charge in [0.15, 0.2) is 0 Å². The summed E-state index contributed by atoms with van der Waals surface area (Å²) < 4.78 is 15.4. The quantitative estimate of drug-likeness (QED) is 0.589. The molecule has 0 spiro atoms. The maximum absolute atomic E-state index is 12.3. The predicted octanol–water partition coefficient (Wildman–Crippen LogP) is 3.14. The van der Waals surface area contributed by atoms with Gasteiger partial charge in [0.25, 0.3) is 5.91 Å². The molecule has 0 aliphatic heterocycles. The Kier molecular flexibility index (Phi) is 6.98. The van der Waals surface area contributed by atoms with Crippen molar-refractivity contribution in [2.75, 3.05) is 32.2 Å². The zero-order valence-electron chi connectivity index (χ0n) is 14.3. The third-order valence-electron chi connectivity index (χ3n) is 3.36. The molecule has 0 aromatic heterocycles. The van der Waals surface area contributed by atoms with E-state index in [1.54, 1.807) is 42.5 Å². The van der Waals surface area contributed by atoms with Crippen LogP contribution >= 0.6 is 0 Å². The molecule has 0 saturated carbocycles. The molecule has 132 valence electrons. The molecule has 6 nitrogen and oxygen atoms in total. The molecule has 0 bridgehead atoms. The van der Waals surface area contributed by atoms with Crippen molar-refractivity contribution in [2.24, 2.45) is 0 Å². The van der Waals surface area contributed by atoms with Crippen LogP contribution in [0.5, 0.6) is 5.75 Å². The van der Waals surface area contributed by atoms with Crippen LogP contribution in [0.4, 0.5) is 5.69 Å². The minimum absolute atomic E-state index is 0.275. The first kappa shape index (κ1) is 18.5. The van der Waals surface area contributed by atoms with Gasteiger partial charge in [0, 0.05) is 23.9 Å². The van der Waals surface area contributed by atoms with E-state index >= 15 is 0 Å². The lowest BCUT2D eigenvalue weighted by molar-refractivity contribution is 0.0600. The number of hydrogen-bond acceptors (Lipinski definition) is 5. The van der Waals surface area contributed by atoms with Crippen LogP contribution in [0.2, 0.25) is 0 Å². The fourth-order valence-electron chi connectivity index (χ4n) is 2.11. The Morgan fingerprint density at radius 1 is 1.00 bits per heavy atom. The van der Waals surface area contributed by atoms with Crippen molar-refractivity contribution >= 4 is 17.6 Å². The molecule has 0 heterocycles. The van der Waals surface area contributed by atoms with E-state index in [1.165, 1.54) is 7.11 Å². The SMILES string of the molecule is CCOCCOc1cccc(NC(=O)c2ccc(C(=O)OC)cc2)c1. The molecule has 6 heteroatoms. The Morgan fingerprint density at radius 2 is 1.72 bits per heavy atom. The molecule has 1 amide bonds. The molecule has 2 aromatic carbocycles. The average molecular weight is 343 g/mol. The van der Waals surface area contributed by atoms with Crippen molar-refractivity contribution in [3.63, 3.8) is 0 Å². The molecule has 0 aliphatic rings. The van der Waals surface area contributed by atoms with Crippen molar-refractivity contribution in [3.05, 3.63) is 59.7 Å². The first-order valence-electron chi connectivity index (χ1n) is 7.94. The summed E-state index contributed by atoms with van der Waals surface area (Å²) in [6.07, 6.45) is 0. The number of carbonyl (C=O) groups is 2. The summed E-state index contributed by atoms with van der Waals surface area (Å²) in [6.45, 7) is 3.53. The van der Waals surface area contributed by atoms with Crippen molar-refractivity contribution in [1.29, 1.82) is 0 Å². The van der Waals surface area contributed by atoms with Gasteiger partial charge in [-0.25, -0.2) is 4.79 Å². The van der Waals surface area contributed by atoms with Crippen molar-refractivity contribution in [1.82, 2.24) is 0 Å². The molecule has 0 radical (unpaired) electrons. The lowest BCUT2D eigenvalue weighted by Gasteiger charge is -2.09. The van der Waals surface area contributed by atoms with E-state index in [2.05, 4.69) is 10.1 Å². The molecule has 2 aromatic rings. The van der Waals surface area contributed by atoms with Crippen LogP contribution in [0.15, 0.2) is 48.5 Å². The summed E-state index contributed by atoms with van der Waals surface area (Å²) in [5.74, 6) is -0.0646. The van der Waals surface area contributed by atoms with Gasteiger partial charge in [-0.2, -0.15) is 0 Å². The second-order valence-electron chi connectivity index (χ2n) is 5.10. The fourth-order valence-corrected chi connectivity index (χ4v) is 2.11. The highest BCUT2D eigenvalue weighted by Crippen LogP contribution is 2.18. The highest BCUT2D eigenvalue weighted by Gasteiger charge is 2.09. The second-order valence-corrected chi connectivity index (χ2v) is 5.10. The molecule has 0 saturated heterocycles. The highest BCUT2D eigenvalue weighted by molar-refractivity contribution is 6.04. The van der Waals surface area contributed by atoms with Gasteiger partial charge in [-0.05, 0) is 43.3 Å². The smallest absolute Gasteiger partial charge is 0.337 e. The van der Waals surface area contributed by atoms with E-state index in [4.69, 9.17) is 9.47 Å². The Bertz CT molecular complexity index is 712. The van der Waals surface area contributed by atoms with Gasteiger partial charge in [0.2, 0.25) is 0 Å². The zero-order chi connectivity index (χ0) is 18.1. The van der Waals surface area contributed by atoms with E-state index in [0.717, 1.165) is 0 Å². The summed E-state index contributed by atoms with van der Waals surface area (Å²) >= 11 is 0. The first-order valence-corrected chi connectivity index (χ1v) is 7.94. The topological polar surface area (TPSA) is 73.9 Å². The summed E-state index contributed by atoms with van der Waals surface area (Å²) in [6, 6.07) is 13.4. The van der Waals surface area contributed by atoms with E-state index in [0.29, 0.717) is 42.4 Å². The number of nitrogens with one attached hydrogen (secondary N) is 1. The van der Waals surface area contributed by atoms with Crippen LogP contribution in [0, 0.1) is 0 Å². The van der Waals surface area contributed by atoms with Gasteiger partial charge in [-0.15, -0.1) is 0 Å². The van der Waals surface area contributed by atoms with Gasteiger partial charge in [-0.1, -0.05) is 6.07 Å². The monoisotopic (exact) mass is 343 g/mol. The van der Waals surface area contributed by atoms with Crippen LogP contribution in [-0.2, 0) is 9.47 Å². The minimum Gasteiger partial charge on any atom is -0.491 e. The van der Waals surface area contributed by atoms with Gasteiger partial charge in [0.1, 0.15) is 12.4 Å². The number of carbonyl (C=O) groups excluding carboxylic acids is 2. The van der Waals surface area contributed by atoms with E-state index in [1.807, 2.05) is 13.0 Å². The zero-order valence-corrected chi connectivity index (χ0v) is 14.3. The third-order valence-corrected chi connectivity index (χ3v) is 3.36. The third kappa shape index (κ3) is 5.61. The Labute approximate surface area is 146 Å². The number of esters is 1. The number of hydrogen-bond donors (Lipinski definition) is 1. The number of anilines is 1. The molecule has 0 unspecified atom stereocenters. The molecule has 25 heavy (non-hydrogen) atoms. The van der Waals surface area contributed by atoms with Crippen LogP contribution in [-0.4, -0.2) is 38.8 Å². The maximum atomic E-state index is 12.3. The number of ether oxygens (including phenoxy) is 3. The molecule has 1 N–H and O–H groups in total. The van der Waals surface area contributed by atoms with Crippen molar-refractivity contribution in [3.8, 4) is 5.75 Å². The number of benzene rings is 2. The standard InChI is InChI=1S/C19H21NO5/c1-3-24-11-12-25-17-6-4-5-16(13-17)20-18(21)14-7-9-15(10-8-14)19(22)23-2/h4-10,13H,3,11-12H2,1-2H3,(H,20,21). The Balaban J connectivity index is 1.96. The van der Waals surface area contributed by atoms with Crippen LogP contribution < -0.4 is 10.1 Å². The normalized spacial score (nSPS) is 10.2. The van der Waals surface area contributed by atoms with Crippen LogP contribution in [0.3, 0.4) is 0 Å².